The van der Waals surface area contributed by atoms with Gasteiger partial charge in [0.25, 0.3) is 0 Å². The highest BCUT2D eigenvalue weighted by Gasteiger charge is 2.17. The molecule has 5 nitrogen and oxygen atoms in total. The van der Waals surface area contributed by atoms with E-state index in [-0.39, 0.29) is 0 Å². The van der Waals surface area contributed by atoms with E-state index in [9.17, 15) is 0 Å². The van der Waals surface area contributed by atoms with E-state index in [1.165, 1.54) is 25.7 Å². The fraction of sp³-hybridized carbons (Fsp3) is 0.476. The average Bonchev–Trinajstić information content (AvgIpc) is 3.27. The van der Waals surface area contributed by atoms with Gasteiger partial charge in [-0.05, 0) is 25.0 Å². The second-order valence-electron chi connectivity index (χ2n) is 6.91. The Hall–Kier alpha value is -1.69. The summed E-state index contributed by atoms with van der Waals surface area (Å²) in [5.41, 5.74) is 2.06. The maximum atomic E-state index is 4.84. The molecule has 0 saturated carbocycles. The largest absolute Gasteiger partial charge is 0.346 e. The van der Waals surface area contributed by atoms with Gasteiger partial charge in [-0.1, -0.05) is 42.6 Å². The number of halogens is 1. The Bertz CT molecular complexity index is 608. The van der Waals surface area contributed by atoms with Crippen LogP contribution in [0.4, 0.5) is 0 Å². The summed E-state index contributed by atoms with van der Waals surface area (Å²) in [6.45, 7) is 14.6. The van der Waals surface area contributed by atoms with Crippen molar-refractivity contribution >= 4 is 15.9 Å². The Labute approximate surface area is 172 Å². The lowest BCUT2D eigenvalue weighted by Gasteiger charge is -2.20. The molecule has 0 N–H and O–H groups in total. The number of hydrogen-bond acceptors (Lipinski definition) is 5. The number of unbranched alkanes of at least 4 members (excludes halogenated alkanes) is 2. The molecule has 3 heterocycles. The maximum Gasteiger partial charge on any atom is 0.208 e. The third-order valence-electron chi connectivity index (χ3n) is 4.43. The first-order valence-electron chi connectivity index (χ1n) is 9.77. The van der Waals surface area contributed by atoms with Crippen molar-refractivity contribution < 1.29 is 0 Å². The topological polar surface area (TPSA) is 25.9 Å². The SMILES string of the molecule is CCCCN1[C]N(Cc2cc(Br)cc(CN3[C]N(CCCC)C=C3)n2)C=C1. The molecule has 0 bridgehead atoms. The third-order valence-corrected chi connectivity index (χ3v) is 4.89. The summed E-state index contributed by atoms with van der Waals surface area (Å²) in [6, 6.07) is 4.16. The van der Waals surface area contributed by atoms with E-state index >= 15 is 0 Å². The highest BCUT2D eigenvalue weighted by atomic mass is 79.9. The van der Waals surface area contributed by atoms with Crippen LogP contribution in [0.2, 0.25) is 0 Å². The molecule has 0 saturated heterocycles. The van der Waals surface area contributed by atoms with E-state index in [2.05, 4.69) is 99.6 Å². The Kier molecular flexibility index (Phi) is 7.44. The van der Waals surface area contributed by atoms with E-state index in [1.807, 2.05) is 0 Å². The number of hydrogen-bond donors (Lipinski definition) is 0. The molecule has 0 aromatic carbocycles. The quantitative estimate of drug-likeness (QED) is 0.540. The molecule has 2 aliphatic heterocycles. The van der Waals surface area contributed by atoms with Crippen LogP contribution in [0.3, 0.4) is 0 Å². The Morgan fingerprint density at radius 3 is 1.67 bits per heavy atom. The molecule has 0 amide bonds. The van der Waals surface area contributed by atoms with Crippen LogP contribution in [0, 0.1) is 13.3 Å². The fourth-order valence-corrected chi connectivity index (χ4v) is 3.52. The van der Waals surface area contributed by atoms with E-state index in [0.717, 1.165) is 42.0 Å². The Balaban J connectivity index is 1.53. The first-order valence-corrected chi connectivity index (χ1v) is 10.6. The smallest absolute Gasteiger partial charge is 0.208 e. The number of aromatic nitrogens is 1. The summed E-state index contributed by atoms with van der Waals surface area (Å²) in [7, 11) is 0. The van der Waals surface area contributed by atoms with E-state index < -0.39 is 0 Å². The molecule has 4 radical (unpaired) electrons. The second-order valence-corrected chi connectivity index (χ2v) is 7.83. The van der Waals surface area contributed by atoms with Gasteiger partial charge < -0.3 is 19.6 Å². The van der Waals surface area contributed by atoms with Crippen LogP contribution in [0.25, 0.3) is 0 Å². The molecule has 144 valence electrons. The number of nitrogens with zero attached hydrogens (tertiary/aromatic N) is 5. The van der Waals surface area contributed by atoms with Crippen molar-refractivity contribution in [1.29, 1.82) is 0 Å². The summed E-state index contributed by atoms with van der Waals surface area (Å²) in [5, 5.41) is 0. The van der Waals surface area contributed by atoms with Crippen LogP contribution in [0.5, 0.6) is 0 Å². The minimum absolute atomic E-state index is 0.720. The van der Waals surface area contributed by atoms with Crippen LogP contribution >= 0.6 is 15.9 Å². The van der Waals surface area contributed by atoms with Crippen molar-refractivity contribution in [2.45, 2.75) is 52.6 Å². The standard InChI is InChI=1S/C21H28BrN5/c1-3-5-7-24-9-11-26(17-24)15-20-13-19(22)14-21(23-20)16-27-12-10-25(18-27)8-6-4-2/h9-14H,3-8,15-16H2,1-2H3. The number of rotatable bonds is 10. The lowest BCUT2D eigenvalue weighted by molar-refractivity contribution is 0.327. The molecule has 0 spiro atoms. The van der Waals surface area contributed by atoms with Crippen molar-refractivity contribution in [3.63, 3.8) is 0 Å². The average molecular weight is 430 g/mol. The van der Waals surface area contributed by atoms with Crippen LogP contribution in [0.1, 0.15) is 50.9 Å². The maximum absolute atomic E-state index is 4.84. The van der Waals surface area contributed by atoms with Gasteiger partial charge in [0.05, 0.1) is 24.5 Å². The van der Waals surface area contributed by atoms with Crippen molar-refractivity contribution in [1.82, 2.24) is 24.6 Å². The van der Waals surface area contributed by atoms with Gasteiger partial charge in [-0.15, -0.1) is 0 Å². The van der Waals surface area contributed by atoms with Gasteiger partial charge >= 0.3 is 0 Å². The molecular weight excluding hydrogens is 402 g/mol. The zero-order valence-corrected chi connectivity index (χ0v) is 17.8. The highest BCUT2D eigenvalue weighted by Crippen LogP contribution is 2.21. The van der Waals surface area contributed by atoms with Gasteiger partial charge in [0.1, 0.15) is 0 Å². The van der Waals surface area contributed by atoms with Crippen LogP contribution in [0.15, 0.2) is 41.4 Å². The van der Waals surface area contributed by atoms with E-state index in [1.54, 1.807) is 0 Å². The Morgan fingerprint density at radius 2 is 1.22 bits per heavy atom. The normalized spacial score (nSPS) is 16.3. The van der Waals surface area contributed by atoms with Crippen LogP contribution in [-0.4, -0.2) is 37.7 Å². The molecule has 6 heteroatoms. The monoisotopic (exact) mass is 429 g/mol. The molecule has 0 atom stereocenters. The molecule has 2 aliphatic rings. The van der Waals surface area contributed by atoms with Crippen LogP contribution in [-0.2, 0) is 13.1 Å². The summed E-state index contributed by atoms with van der Waals surface area (Å²) in [5.74, 6) is 0. The second kappa shape index (κ2) is 10.0. The molecule has 3 rings (SSSR count). The van der Waals surface area contributed by atoms with E-state index in [4.69, 9.17) is 4.98 Å². The lowest BCUT2D eigenvalue weighted by atomic mass is 10.3. The predicted octanol–water partition coefficient (Wildman–Crippen LogP) is 4.61. The van der Waals surface area contributed by atoms with Gasteiger partial charge in [-0.25, -0.2) is 0 Å². The van der Waals surface area contributed by atoms with Crippen LogP contribution < -0.4 is 0 Å². The Morgan fingerprint density at radius 1 is 0.778 bits per heavy atom. The minimum atomic E-state index is 0.720. The summed E-state index contributed by atoms with van der Waals surface area (Å²) >= 11 is 3.63. The first-order chi connectivity index (χ1) is 13.2. The molecule has 0 fully saturated rings. The summed E-state index contributed by atoms with van der Waals surface area (Å²) < 4.78 is 1.06. The third kappa shape index (κ3) is 6.16. The van der Waals surface area contributed by atoms with Crippen molar-refractivity contribution in [2.75, 3.05) is 13.1 Å². The summed E-state index contributed by atoms with van der Waals surface area (Å²) in [6.07, 6.45) is 13.0. The molecule has 0 aliphatic carbocycles. The van der Waals surface area contributed by atoms with Gasteiger partial charge in [-0.2, -0.15) is 0 Å². The number of pyridine rings is 1. The van der Waals surface area contributed by atoms with Crippen molar-refractivity contribution in [3.8, 4) is 0 Å². The van der Waals surface area contributed by atoms with Gasteiger partial charge in [0.15, 0.2) is 0 Å². The predicted molar refractivity (Wildman–Crippen MR) is 111 cm³/mol. The molecule has 0 unspecified atom stereocenters. The first kappa shape index (κ1) is 20.1. The highest BCUT2D eigenvalue weighted by molar-refractivity contribution is 9.10. The fourth-order valence-electron chi connectivity index (χ4n) is 2.99. The van der Waals surface area contributed by atoms with Crippen molar-refractivity contribution in [3.05, 3.63) is 66.1 Å². The van der Waals surface area contributed by atoms with Gasteiger partial charge in [0.2, 0.25) is 13.3 Å². The molecule has 27 heavy (non-hydrogen) atoms. The summed E-state index contributed by atoms with van der Waals surface area (Å²) in [4.78, 5) is 13.2. The molecule has 1 aromatic rings. The molecular formula is C21H28BrN5. The molecule has 1 aromatic heterocycles. The zero-order valence-electron chi connectivity index (χ0n) is 16.2. The van der Waals surface area contributed by atoms with E-state index in [0.29, 0.717) is 0 Å². The van der Waals surface area contributed by atoms with Gasteiger partial charge in [-0.3, -0.25) is 4.98 Å². The van der Waals surface area contributed by atoms with Gasteiger partial charge in [0, 0.05) is 42.4 Å². The zero-order chi connectivity index (χ0) is 19.1. The minimum Gasteiger partial charge on any atom is -0.346 e. The van der Waals surface area contributed by atoms with Crippen molar-refractivity contribution in [2.24, 2.45) is 0 Å². The lowest BCUT2D eigenvalue weighted by Crippen LogP contribution is -2.22.